The van der Waals surface area contributed by atoms with E-state index in [-0.39, 0.29) is 10.2 Å². The minimum atomic E-state index is -0.751. The van der Waals surface area contributed by atoms with Crippen LogP contribution in [-0.4, -0.2) is 0 Å². The smallest absolute Gasteiger partial charge is 0.159 e. The van der Waals surface area contributed by atoms with Crippen LogP contribution < -0.4 is 0 Å². The zero-order chi connectivity index (χ0) is 13.9. The van der Waals surface area contributed by atoms with E-state index in [1.807, 2.05) is 0 Å². The Kier molecular flexibility index (Phi) is 3.00. The van der Waals surface area contributed by atoms with Crippen molar-refractivity contribution >= 4 is 15.9 Å². The first-order chi connectivity index (χ1) is 9.56. The molecule has 4 bridgehead atoms. The third-order valence-electron chi connectivity index (χ3n) is 5.86. The molecule has 0 heterocycles. The lowest BCUT2D eigenvalue weighted by molar-refractivity contribution is -0.0529. The highest BCUT2D eigenvalue weighted by molar-refractivity contribution is 9.09. The summed E-state index contributed by atoms with van der Waals surface area (Å²) in [4.78, 5) is 0.165. The van der Waals surface area contributed by atoms with Gasteiger partial charge in [-0.2, -0.15) is 0 Å². The lowest BCUT2D eigenvalue weighted by Crippen LogP contribution is -2.47. The fraction of sp³-hybridized carbons (Fsp3) is 0.647. The van der Waals surface area contributed by atoms with Gasteiger partial charge in [0, 0.05) is 4.83 Å². The van der Waals surface area contributed by atoms with Gasteiger partial charge >= 0.3 is 0 Å². The van der Waals surface area contributed by atoms with Crippen molar-refractivity contribution in [3.63, 3.8) is 0 Å². The van der Waals surface area contributed by atoms with Crippen LogP contribution in [0.2, 0.25) is 0 Å². The summed E-state index contributed by atoms with van der Waals surface area (Å²) in [5.41, 5.74) is 1.18. The maximum Gasteiger partial charge on any atom is 0.159 e. The molecular weight excluding hydrogens is 322 g/mol. The predicted molar refractivity (Wildman–Crippen MR) is 78.6 cm³/mol. The topological polar surface area (TPSA) is 0 Å². The molecule has 4 saturated carbocycles. The molecule has 4 aliphatic rings. The third-order valence-corrected chi connectivity index (χ3v) is 7.36. The molecule has 3 heteroatoms. The van der Waals surface area contributed by atoms with E-state index in [0.29, 0.717) is 0 Å². The summed E-state index contributed by atoms with van der Waals surface area (Å²) in [7, 11) is 0. The lowest BCUT2D eigenvalue weighted by atomic mass is 9.48. The van der Waals surface area contributed by atoms with Crippen molar-refractivity contribution in [2.24, 2.45) is 23.2 Å². The summed E-state index contributed by atoms with van der Waals surface area (Å²) in [5, 5.41) is 0. The van der Waals surface area contributed by atoms with Crippen LogP contribution in [0.4, 0.5) is 8.78 Å². The van der Waals surface area contributed by atoms with E-state index in [1.54, 1.807) is 6.07 Å². The Hall–Kier alpha value is -0.440. The van der Waals surface area contributed by atoms with Gasteiger partial charge in [0.2, 0.25) is 0 Å². The molecule has 0 spiro atoms. The molecule has 1 unspecified atom stereocenters. The Morgan fingerprint density at radius 1 is 0.950 bits per heavy atom. The molecule has 0 aliphatic heterocycles. The van der Waals surface area contributed by atoms with Crippen LogP contribution in [0.5, 0.6) is 0 Å². The Labute approximate surface area is 127 Å². The van der Waals surface area contributed by atoms with Gasteiger partial charge in [0.1, 0.15) is 0 Å². The van der Waals surface area contributed by atoms with Gasteiger partial charge in [0.25, 0.3) is 0 Å². The summed E-state index contributed by atoms with van der Waals surface area (Å²) >= 11 is 3.84. The molecule has 1 atom stereocenters. The van der Waals surface area contributed by atoms with Crippen molar-refractivity contribution in [1.82, 2.24) is 0 Å². The zero-order valence-electron chi connectivity index (χ0n) is 11.4. The molecule has 0 amide bonds. The predicted octanol–water partition coefficient (Wildman–Crippen LogP) is 5.62. The molecule has 5 rings (SSSR count). The van der Waals surface area contributed by atoms with Gasteiger partial charge in [-0.15, -0.1) is 0 Å². The van der Waals surface area contributed by atoms with E-state index in [0.717, 1.165) is 23.3 Å². The van der Waals surface area contributed by atoms with Crippen molar-refractivity contribution in [2.75, 3.05) is 0 Å². The second-order valence-electron chi connectivity index (χ2n) is 7.32. The minimum absolute atomic E-state index is 0.165. The Morgan fingerprint density at radius 3 is 2.00 bits per heavy atom. The molecule has 4 aliphatic carbocycles. The van der Waals surface area contributed by atoms with Crippen molar-refractivity contribution < 1.29 is 8.78 Å². The molecular formula is C17H19BrF2. The second kappa shape index (κ2) is 4.53. The van der Waals surface area contributed by atoms with Gasteiger partial charge in [-0.05, 0) is 79.4 Å². The first kappa shape index (κ1) is 13.2. The summed E-state index contributed by atoms with van der Waals surface area (Å²) < 4.78 is 26.6. The van der Waals surface area contributed by atoms with Crippen LogP contribution in [0, 0.1) is 34.8 Å². The lowest BCUT2D eigenvalue weighted by Gasteiger charge is -2.58. The SMILES string of the molecule is Fc1ccc(C(Br)C23CC4CC(CC(C4)C2)C3)cc1F. The molecule has 0 nitrogen and oxygen atoms in total. The van der Waals surface area contributed by atoms with Crippen LogP contribution >= 0.6 is 15.9 Å². The van der Waals surface area contributed by atoms with Gasteiger partial charge in [-0.3, -0.25) is 0 Å². The Bertz CT molecular complexity index is 505. The molecule has 1 aromatic rings. The molecule has 108 valence electrons. The summed E-state index contributed by atoms with van der Waals surface area (Å²) in [5.74, 6) is 1.13. The van der Waals surface area contributed by atoms with Crippen LogP contribution in [0.1, 0.15) is 48.9 Å². The molecule has 0 N–H and O–H groups in total. The zero-order valence-corrected chi connectivity index (χ0v) is 13.0. The summed E-state index contributed by atoms with van der Waals surface area (Å²) in [6.45, 7) is 0. The first-order valence-corrected chi connectivity index (χ1v) is 8.56. The third kappa shape index (κ3) is 1.96. The minimum Gasteiger partial charge on any atom is -0.204 e. The number of benzene rings is 1. The Balaban J connectivity index is 1.67. The second-order valence-corrected chi connectivity index (χ2v) is 8.23. The molecule has 0 radical (unpaired) electrons. The molecule has 20 heavy (non-hydrogen) atoms. The molecule has 1 aromatic carbocycles. The van der Waals surface area contributed by atoms with Gasteiger partial charge in [-0.25, -0.2) is 8.78 Å². The van der Waals surface area contributed by atoms with Crippen molar-refractivity contribution in [2.45, 2.75) is 43.4 Å². The fourth-order valence-electron chi connectivity index (χ4n) is 5.51. The van der Waals surface area contributed by atoms with Crippen molar-refractivity contribution in [1.29, 1.82) is 0 Å². The molecule has 0 saturated heterocycles. The van der Waals surface area contributed by atoms with Gasteiger partial charge < -0.3 is 0 Å². The summed E-state index contributed by atoms with van der Waals surface area (Å²) in [6, 6.07) is 4.39. The van der Waals surface area contributed by atoms with E-state index in [1.165, 1.54) is 50.7 Å². The van der Waals surface area contributed by atoms with Gasteiger partial charge in [0.05, 0.1) is 0 Å². The highest BCUT2D eigenvalue weighted by Crippen LogP contribution is 2.65. The van der Waals surface area contributed by atoms with E-state index >= 15 is 0 Å². The van der Waals surface area contributed by atoms with Crippen LogP contribution in [0.25, 0.3) is 0 Å². The number of rotatable bonds is 2. The standard InChI is InChI=1S/C17H19BrF2/c18-16(13-1-2-14(19)15(20)6-13)17-7-10-3-11(8-17)5-12(4-10)9-17/h1-2,6,10-12,16H,3-5,7-9H2. The van der Waals surface area contributed by atoms with Crippen LogP contribution in [0.3, 0.4) is 0 Å². The van der Waals surface area contributed by atoms with Gasteiger partial charge in [-0.1, -0.05) is 22.0 Å². The van der Waals surface area contributed by atoms with E-state index < -0.39 is 11.6 Å². The van der Waals surface area contributed by atoms with E-state index in [9.17, 15) is 8.78 Å². The highest BCUT2D eigenvalue weighted by Gasteiger charge is 2.53. The number of halogens is 3. The number of hydrogen-bond donors (Lipinski definition) is 0. The largest absolute Gasteiger partial charge is 0.204 e. The van der Waals surface area contributed by atoms with Crippen molar-refractivity contribution in [3.8, 4) is 0 Å². The number of hydrogen-bond acceptors (Lipinski definition) is 0. The molecule has 0 aromatic heterocycles. The maximum atomic E-state index is 13.5. The Morgan fingerprint density at radius 2 is 1.50 bits per heavy atom. The average molecular weight is 341 g/mol. The number of alkyl halides is 1. The van der Waals surface area contributed by atoms with Gasteiger partial charge in [0.15, 0.2) is 11.6 Å². The summed E-state index contributed by atoms with van der Waals surface area (Å²) in [6.07, 6.45) is 7.97. The van der Waals surface area contributed by atoms with E-state index in [2.05, 4.69) is 15.9 Å². The van der Waals surface area contributed by atoms with Crippen LogP contribution in [-0.2, 0) is 0 Å². The monoisotopic (exact) mass is 340 g/mol. The van der Waals surface area contributed by atoms with Crippen molar-refractivity contribution in [3.05, 3.63) is 35.4 Å². The maximum absolute atomic E-state index is 13.5. The normalized spacial score (nSPS) is 40.0. The fourth-order valence-corrected chi connectivity index (χ4v) is 6.36. The van der Waals surface area contributed by atoms with E-state index in [4.69, 9.17) is 0 Å². The molecule has 4 fully saturated rings. The quantitative estimate of drug-likeness (QED) is 0.613. The highest BCUT2D eigenvalue weighted by atomic mass is 79.9. The average Bonchev–Trinajstić information content (AvgIpc) is 2.39. The first-order valence-electron chi connectivity index (χ1n) is 7.65. The van der Waals surface area contributed by atoms with Crippen LogP contribution in [0.15, 0.2) is 18.2 Å².